The Balaban J connectivity index is 1.92. The third-order valence-electron chi connectivity index (χ3n) is 4.38. The summed E-state index contributed by atoms with van der Waals surface area (Å²) < 4.78 is 15.0. The molecule has 6 nitrogen and oxygen atoms in total. The highest BCUT2D eigenvalue weighted by Gasteiger charge is 2.42. The summed E-state index contributed by atoms with van der Waals surface area (Å²) >= 11 is 7.10. The quantitative estimate of drug-likeness (QED) is 0.538. The van der Waals surface area contributed by atoms with Crippen LogP contribution in [0.4, 0.5) is 4.39 Å². The van der Waals surface area contributed by atoms with Gasteiger partial charge in [0.25, 0.3) is 5.91 Å². The van der Waals surface area contributed by atoms with E-state index in [9.17, 15) is 9.59 Å². The summed E-state index contributed by atoms with van der Waals surface area (Å²) in [5.74, 6) is -1.40. The van der Waals surface area contributed by atoms with Crippen molar-refractivity contribution in [2.75, 3.05) is 12.4 Å². The average molecular weight is 426 g/mol. The molecule has 0 bridgehead atoms. The maximum absolute atomic E-state index is 15.0. The monoisotopic (exact) mass is 425 g/mol. The normalized spacial score (nSPS) is 22.1. The van der Waals surface area contributed by atoms with Gasteiger partial charge in [0.1, 0.15) is 11.9 Å². The minimum Gasteiger partial charge on any atom is -0.358 e. The first-order valence-electron chi connectivity index (χ1n) is 8.88. The zero-order chi connectivity index (χ0) is 20.3. The van der Waals surface area contributed by atoms with Gasteiger partial charge in [0.15, 0.2) is 5.78 Å². The van der Waals surface area contributed by atoms with Crippen molar-refractivity contribution < 1.29 is 18.8 Å². The molecule has 3 N–H and O–H groups in total. The number of benzene rings is 1. The van der Waals surface area contributed by atoms with Gasteiger partial charge in [0.2, 0.25) is 0 Å². The number of halogens is 2. The van der Waals surface area contributed by atoms with Gasteiger partial charge in [0, 0.05) is 23.5 Å². The van der Waals surface area contributed by atoms with Crippen molar-refractivity contribution in [3.8, 4) is 0 Å². The van der Waals surface area contributed by atoms with E-state index in [1.165, 1.54) is 18.0 Å². The molecule has 1 amide bonds. The lowest BCUT2D eigenvalue weighted by Gasteiger charge is -2.39. The second-order valence-corrected chi connectivity index (χ2v) is 8.02. The molecular formula is C19H21ClFN3O3S. The molecule has 1 unspecified atom stereocenters. The molecule has 150 valence electrons. The van der Waals surface area contributed by atoms with Crippen molar-refractivity contribution in [1.82, 2.24) is 10.4 Å². The van der Waals surface area contributed by atoms with Crippen LogP contribution in [0.15, 0.2) is 46.8 Å². The fourth-order valence-corrected chi connectivity index (χ4v) is 4.26. The third-order valence-corrected chi connectivity index (χ3v) is 5.87. The van der Waals surface area contributed by atoms with E-state index in [0.717, 1.165) is 5.56 Å². The number of amides is 1. The van der Waals surface area contributed by atoms with E-state index in [4.69, 9.17) is 22.2 Å². The number of thioether (sulfide) groups is 1. The van der Waals surface area contributed by atoms with E-state index in [2.05, 4.69) is 5.48 Å². The molecule has 28 heavy (non-hydrogen) atoms. The molecule has 2 aliphatic rings. The van der Waals surface area contributed by atoms with Gasteiger partial charge in [-0.3, -0.25) is 14.4 Å². The topological polar surface area (TPSA) is 84.7 Å². The third kappa shape index (κ3) is 4.41. The summed E-state index contributed by atoms with van der Waals surface area (Å²) in [6.07, 6.45) is 2.06. The number of fused-ring (bicyclic) bond motifs is 1. The lowest BCUT2D eigenvalue weighted by molar-refractivity contribution is -0.130. The van der Waals surface area contributed by atoms with E-state index in [0.29, 0.717) is 24.6 Å². The van der Waals surface area contributed by atoms with Crippen LogP contribution in [0.2, 0.25) is 5.02 Å². The Kier molecular flexibility index (Phi) is 6.77. The molecule has 1 fully saturated rings. The van der Waals surface area contributed by atoms with Crippen LogP contribution in [0.5, 0.6) is 0 Å². The molecule has 2 aliphatic heterocycles. The maximum Gasteiger partial charge on any atom is 0.279 e. The summed E-state index contributed by atoms with van der Waals surface area (Å²) in [6.45, 7) is 2.50. The molecule has 0 spiro atoms. The van der Waals surface area contributed by atoms with Crippen LogP contribution in [0, 0.1) is 0 Å². The van der Waals surface area contributed by atoms with E-state index in [1.807, 2.05) is 19.1 Å². The molecule has 0 radical (unpaired) electrons. The van der Waals surface area contributed by atoms with Gasteiger partial charge in [0.05, 0.1) is 23.1 Å². The Morgan fingerprint density at radius 3 is 2.82 bits per heavy atom. The van der Waals surface area contributed by atoms with Gasteiger partial charge in [-0.25, -0.2) is 9.87 Å². The Hall–Kier alpha value is -1.87. The van der Waals surface area contributed by atoms with Crippen molar-refractivity contribution in [3.05, 3.63) is 57.4 Å². The molecule has 1 aromatic rings. The van der Waals surface area contributed by atoms with Crippen LogP contribution in [-0.2, 0) is 21.0 Å². The van der Waals surface area contributed by atoms with Gasteiger partial charge in [-0.2, -0.15) is 0 Å². The lowest BCUT2D eigenvalue weighted by Crippen LogP contribution is -2.52. The number of nitrogens with one attached hydrogen (secondary N) is 1. The highest BCUT2D eigenvalue weighted by atomic mass is 35.5. The fourth-order valence-electron chi connectivity index (χ4n) is 2.97. The number of carbonyl (C=O) groups excluding carboxylic acids is 2. The van der Waals surface area contributed by atoms with Crippen molar-refractivity contribution in [1.29, 1.82) is 0 Å². The molecule has 9 heteroatoms. The van der Waals surface area contributed by atoms with Crippen molar-refractivity contribution in [2.24, 2.45) is 5.73 Å². The second kappa shape index (κ2) is 9.09. The van der Waals surface area contributed by atoms with E-state index in [-0.39, 0.29) is 22.0 Å². The van der Waals surface area contributed by atoms with Crippen LogP contribution in [-0.4, -0.2) is 41.0 Å². The van der Waals surface area contributed by atoms with Gasteiger partial charge >= 0.3 is 0 Å². The first kappa shape index (κ1) is 20.9. The predicted octanol–water partition coefficient (Wildman–Crippen LogP) is 2.69. The summed E-state index contributed by atoms with van der Waals surface area (Å²) in [5, 5.41) is 0.587. The second-order valence-electron chi connectivity index (χ2n) is 6.52. The molecule has 1 saturated heterocycles. The van der Waals surface area contributed by atoms with Gasteiger partial charge in [-0.15, -0.1) is 11.8 Å². The molecule has 3 rings (SSSR count). The summed E-state index contributed by atoms with van der Waals surface area (Å²) in [6, 6.07) is 5.56. The van der Waals surface area contributed by atoms with Crippen molar-refractivity contribution >= 4 is 35.1 Å². The SMILES string of the molecule is CCCONC(=O)C1=CN(Cc2ccc(Cl)cc2)C2C(=O)[C@@H](N)CSC2=C1F. The zero-order valence-corrected chi connectivity index (χ0v) is 16.9. The van der Waals surface area contributed by atoms with E-state index in [1.54, 1.807) is 17.0 Å². The number of rotatable bonds is 6. The number of nitrogens with two attached hydrogens (primary N) is 1. The predicted molar refractivity (Wildman–Crippen MR) is 107 cm³/mol. The number of Topliss-reactive ketones (excluding diaryl/α,β-unsaturated/α-hetero) is 1. The number of hydrogen-bond acceptors (Lipinski definition) is 6. The summed E-state index contributed by atoms with van der Waals surface area (Å²) in [7, 11) is 0. The van der Waals surface area contributed by atoms with Crippen LogP contribution >= 0.6 is 23.4 Å². The molecule has 2 heterocycles. The van der Waals surface area contributed by atoms with Crippen LogP contribution in [0.25, 0.3) is 0 Å². The molecule has 0 aromatic heterocycles. The standard InChI is InChI=1S/C19H21ClFN3O3S/c1-2-7-27-23-19(26)13-9-24(8-11-3-5-12(20)6-4-11)16-17(25)14(22)10-28-18(16)15(13)21/h3-6,9,14,16H,2,7-8,10,22H2,1H3,(H,23,26)/t14-,16?/m0/s1. The Morgan fingerprint density at radius 1 is 1.43 bits per heavy atom. The number of ketones is 1. The average Bonchev–Trinajstić information content (AvgIpc) is 2.68. The van der Waals surface area contributed by atoms with Gasteiger partial charge in [-0.1, -0.05) is 30.7 Å². The van der Waals surface area contributed by atoms with Crippen LogP contribution in [0.3, 0.4) is 0 Å². The minimum atomic E-state index is -0.850. The van der Waals surface area contributed by atoms with E-state index < -0.39 is 23.8 Å². The number of hydroxylamine groups is 1. The van der Waals surface area contributed by atoms with Crippen molar-refractivity contribution in [2.45, 2.75) is 32.0 Å². The number of carbonyl (C=O) groups is 2. The minimum absolute atomic E-state index is 0.174. The molecule has 0 aliphatic carbocycles. The molecule has 2 atom stereocenters. The number of hydrogen-bond donors (Lipinski definition) is 2. The molecule has 0 saturated carbocycles. The molecule has 1 aromatic carbocycles. The highest BCUT2D eigenvalue weighted by molar-refractivity contribution is 8.03. The van der Waals surface area contributed by atoms with Gasteiger partial charge in [-0.05, 0) is 24.1 Å². The molecular weight excluding hydrogens is 405 g/mol. The first-order valence-corrected chi connectivity index (χ1v) is 10.2. The van der Waals surface area contributed by atoms with Crippen molar-refractivity contribution in [3.63, 3.8) is 0 Å². The van der Waals surface area contributed by atoms with E-state index >= 15 is 4.39 Å². The Bertz CT molecular complexity index is 828. The summed E-state index contributed by atoms with van der Waals surface area (Å²) in [5.41, 5.74) is 8.84. The first-order chi connectivity index (χ1) is 13.4. The lowest BCUT2D eigenvalue weighted by atomic mass is 9.98. The smallest absolute Gasteiger partial charge is 0.279 e. The largest absolute Gasteiger partial charge is 0.358 e. The van der Waals surface area contributed by atoms with Gasteiger partial charge < -0.3 is 10.6 Å². The summed E-state index contributed by atoms with van der Waals surface area (Å²) in [4.78, 5) is 32.0. The number of nitrogens with zero attached hydrogens (tertiary/aromatic N) is 1. The Morgan fingerprint density at radius 2 is 2.14 bits per heavy atom. The maximum atomic E-state index is 15.0. The highest BCUT2D eigenvalue weighted by Crippen LogP contribution is 2.40. The fraction of sp³-hybridized carbons (Fsp3) is 0.368. The Labute approximate surface area is 171 Å². The van der Waals surface area contributed by atoms with Crippen LogP contribution < -0.4 is 11.2 Å². The zero-order valence-electron chi connectivity index (χ0n) is 15.3. The van der Waals surface area contributed by atoms with Crippen LogP contribution in [0.1, 0.15) is 18.9 Å².